The molecule has 1 aliphatic heterocycles. The standard InChI is InChI=1S/C15H17N2/c1-2-5-14(6-3-1)13-16-11-7-15(8-12-16)17-9-4-10-17/h1-3,5-8,11-12H,4,9-10,13H2/q+1. The lowest BCUT2D eigenvalue weighted by Gasteiger charge is -2.32. The third-order valence-corrected chi connectivity index (χ3v) is 3.30. The van der Waals surface area contributed by atoms with E-state index in [9.17, 15) is 0 Å². The molecule has 2 aromatic rings. The number of rotatable bonds is 3. The van der Waals surface area contributed by atoms with Crippen molar-refractivity contribution in [2.24, 2.45) is 0 Å². The maximum Gasteiger partial charge on any atom is 0.173 e. The highest BCUT2D eigenvalue weighted by Crippen LogP contribution is 2.18. The summed E-state index contributed by atoms with van der Waals surface area (Å²) in [6.45, 7) is 3.37. The average molecular weight is 225 g/mol. The van der Waals surface area contributed by atoms with Gasteiger partial charge in [-0.2, -0.15) is 0 Å². The van der Waals surface area contributed by atoms with Crippen LogP contribution >= 0.6 is 0 Å². The average Bonchev–Trinajstić information content (AvgIpc) is 2.31. The molecule has 0 amide bonds. The molecule has 1 aliphatic rings. The minimum absolute atomic E-state index is 0.946. The van der Waals surface area contributed by atoms with E-state index in [1.165, 1.54) is 30.8 Å². The van der Waals surface area contributed by atoms with Gasteiger partial charge in [-0.15, -0.1) is 0 Å². The van der Waals surface area contributed by atoms with E-state index in [2.05, 4.69) is 64.3 Å². The Bertz CT molecular complexity index is 472. The molecule has 2 heterocycles. The Balaban J connectivity index is 1.72. The number of hydrogen-bond acceptors (Lipinski definition) is 1. The fraction of sp³-hybridized carbons (Fsp3) is 0.267. The van der Waals surface area contributed by atoms with Crippen LogP contribution in [0.3, 0.4) is 0 Å². The van der Waals surface area contributed by atoms with Crippen LogP contribution in [0.1, 0.15) is 12.0 Å². The second-order valence-corrected chi connectivity index (χ2v) is 4.55. The second kappa shape index (κ2) is 4.58. The fourth-order valence-corrected chi connectivity index (χ4v) is 2.13. The summed E-state index contributed by atoms with van der Waals surface area (Å²) >= 11 is 0. The smallest absolute Gasteiger partial charge is 0.173 e. The molecular weight excluding hydrogens is 208 g/mol. The zero-order valence-electron chi connectivity index (χ0n) is 9.92. The van der Waals surface area contributed by atoms with Crippen LogP contribution in [0.15, 0.2) is 54.9 Å². The van der Waals surface area contributed by atoms with Gasteiger partial charge in [0.15, 0.2) is 18.9 Å². The molecule has 0 spiro atoms. The molecule has 0 unspecified atom stereocenters. The second-order valence-electron chi connectivity index (χ2n) is 4.55. The molecule has 0 saturated carbocycles. The summed E-state index contributed by atoms with van der Waals surface area (Å²) in [5, 5.41) is 0. The van der Waals surface area contributed by atoms with Crippen LogP contribution in [0.2, 0.25) is 0 Å². The summed E-state index contributed by atoms with van der Waals surface area (Å²) in [6.07, 6.45) is 5.67. The first-order valence-electron chi connectivity index (χ1n) is 6.20. The number of nitrogens with zero attached hydrogens (tertiary/aromatic N) is 2. The zero-order valence-corrected chi connectivity index (χ0v) is 9.92. The monoisotopic (exact) mass is 225 g/mol. The van der Waals surface area contributed by atoms with Gasteiger partial charge in [-0.3, -0.25) is 0 Å². The molecule has 0 atom stereocenters. The minimum Gasteiger partial charge on any atom is -0.371 e. The van der Waals surface area contributed by atoms with Crippen molar-refractivity contribution in [1.82, 2.24) is 0 Å². The van der Waals surface area contributed by atoms with Gasteiger partial charge in [0.1, 0.15) is 0 Å². The first kappa shape index (κ1) is 10.3. The van der Waals surface area contributed by atoms with E-state index in [0.717, 1.165) is 6.54 Å². The van der Waals surface area contributed by atoms with Gasteiger partial charge in [-0.05, 0) is 6.42 Å². The molecule has 2 nitrogen and oxygen atoms in total. The molecule has 0 radical (unpaired) electrons. The lowest BCUT2D eigenvalue weighted by molar-refractivity contribution is -0.688. The van der Waals surface area contributed by atoms with Gasteiger partial charge in [0.05, 0.1) is 0 Å². The normalized spacial score (nSPS) is 14.5. The van der Waals surface area contributed by atoms with Gasteiger partial charge in [0.2, 0.25) is 0 Å². The van der Waals surface area contributed by atoms with Crippen molar-refractivity contribution in [1.29, 1.82) is 0 Å². The van der Waals surface area contributed by atoms with Gasteiger partial charge >= 0.3 is 0 Å². The van der Waals surface area contributed by atoms with Crippen molar-refractivity contribution in [2.75, 3.05) is 18.0 Å². The predicted octanol–water partition coefficient (Wildman–Crippen LogP) is 2.23. The van der Waals surface area contributed by atoms with Gasteiger partial charge in [-0.25, -0.2) is 4.57 Å². The summed E-state index contributed by atoms with van der Waals surface area (Å²) < 4.78 is 2.22. The third kappa shape index (κ3) is 2.31. The number of aromatic nitrogens is 1. The first-order valence-corrected chi connectivity index (χ1v) is 6.20. The SMILES string of the molecule is c1ccc(C[n+]2ccc(N3CCC3)cc2)cc1. The number of anilines is 1. The summed E-state index contributed by atoms with van der Waals surface area (Å²) in [7, 11) is 0. The van der Waals surface area contributed by atoms with Crippen molar-refractivity contribution >= 4 is 5.69 Å². The minimum atomic E-state index is 0.946. The van der Waals surface area contributed by atoms with Gasteiger partial charge in [-0.1, -0.05) is 30.3 Å². The molecule has 1 aromatic carbocycles. The summed E-state index contributed by atoms with van der Waals surface area (Å²) in [6, 6.07) is 15.0. The van der Waals surface area contributed by atoms with E-state index in [1.54, 1.807) is 0 Å². The predicted molar refractivity (Wildman–Crippen MR) is 69.0 cm³/mol. The molecular formula is C15H17N2+. The summed E-state index contributed by atoms with van der Waals surface area (Å²) in [5.74, 6) is 0. The fourth-order valence-electron chi connectivity index (χ4n) is 2.13. The lowest BCUT2D eigenvalue weighted by Crippen LogP contribution is -2.38. The van der Waals surface area contributed by atoms with Crippen molar-refractivity contribution < 1.29 is 4.57 Å². The molecule has 2 heteroatoms. The van der Waals surface area contributed by atoms with Gasteiger partial charge < -0.3 is 4.90 Å². The van der Waals surface area contributed by atoms with Crippen molar-refractivity contribution in [3.63, 3.8) is 0 Å². The number of benzene rings is 1. The van der Waals surface area contributed by atoms with Gasteiger partial charge in [0, 0.05) is 36.5 Å². The number of pyridine rings is 1. The van der Waals surface area contributed by atoms with Crippen LogP contribution in [0.5, 0.6) is 0 Å². The molecule has 1 fully saturated rings. The van der Waals surface area contributed by atoms with Crippen LogP contribution in [-0.4, -0.2) is 13.1 Å². The molecule has 17 heavy (non-hydrogen) atoms. The highest BCUT2D eigenvalue weighted by Gasteiger charge is 2.15. The van der Waals surface area contributed by atoms with Gasteiger partial charge in [0.25, 0.3) is 0 Å². The van der Waals surface area contributed by atoms with E-state index < -0.39 is 0 Å². The van der Waals surface area contributed by atoms with Crippen molar-refractivity contribution in [2.45, 2.75) is 13.0 Å². The summed E-state index contributed by atoms with van der Waals surface area (Å²) in [5.41, 5.74) is 2.69. The van der Waals surface area contributed by atoms with Crippen LogP contribution < -0.4 is 9.47 Å². The Morgan fingerprint density at radius 2 is 1.65 bits per heavy atom. The zero-order chi connectivity index (χ0) is 11.5. The quantitative estimate of drug-likeness (QED) is 0.727. The molecule has 3 rings (SSSR count). The van der Waals surface area contributed by atoms with E-state index in [4.69, 9.17) is 0 Å². The molecule has 0 N–H and O–H groups in total. The highest BCUT2D eigenvalue weighted by molar-refractivity contribution is 5.45. The molecule has 86 valence electrons. The maximum absolute atomic E-state index is 2.41. The van der Waals surface area contributed by atoms with Crippen LogP contribution in [-0.2, 0) is 6.54 Å². The van der Waals surface area contributed by atoms with E-state index in [0.29, 0.717) is 0 Å². The summed E-state index contributed by atoms with van der Waals surface area (Å²) in [4.78, 5) is 2.41. The largest absolute Gasteiger partial charge is 0.371 e. The topological polar surface area (TPSA) is 7.12 Å². The van der Waals surface area contributed by atoms with Crippen LogP contribution in [0.4, 0.5) is 5.69 Å². The Kier molecular flexibility index (Phi) is 2.78. The van der Waals surface area contributed by atoms with E-state index >= 15 is 0 Å². The molecule has 1 aromatic heterocycles. The Labute approximate surface area is 102 Å². The lowest BCUT2D eigenvalue weighted by atomic mass is 10.2. The van der Waals surface area contributed by atoms with Crippen LogP contribution in [0, 0.1) is 0 Å². The number of hydrogen-bond donors (Lipinski definition) is 0. The molecule has 0 aliphatic carbocycles. The van der Waals surface area contributed by atoms with E-state index in [-0.39, 0.29) is 0 Å². The molecule has 1 saturated heterocycles. The van der Waals surface area contributed by atoms with Crippen molar-refractivity contribution in [3.8, 4) is 0 Å². The van der Waals surface area contributed by atoms with E-state index in [1.807, 2.05) is 0 Å². The Morgan fingerprint density at radius 1 is 0.941 bits per heavy atom. The maximum atomic E-state index is 2.41. The molecule has 0 bridgehead atoms. The first-order chi connectivity index (χ1) is 8.42. The van der Waals surface area contributed by atoms with Crippen LogP contribution in [0.25, 0.3) is 0 Å². The third-order valence-electron chi connectivity index (χ3n) is 3.30. The van der Waals surface area contributed by atoms with Crippen molar-refractivity contribution in [3.05, 3.63) is 60.4 Å². The highest BCUT2D eigenvalue weighted by atomic mass is 15.2. The Morgan fingerprint density at radius 3 is 2.24 bits per heavy atom. The Hall–Kier alpha value is -1.83.